The molecule has 0 spiro atoms. The minimum atomic E-state index is 0.868. The second kappa shape index (κ2) is 3.10. The molecule has 0 bridgehead atoms. The second-order valence-electron chi connectivity index (χ2n) is 2.39. The fourth-order valence-electron chi connectivity index (χ4n) is 0.888. The van der Waals surface area contributed by atoms with E-state index in [-0.39, 0.29) is 0 Å². The molecule has 2 nitrogen and oxygen atoms in total. The topological polar surface area (TPSA) is 36.7 Å². The van der Waals surface area contributed by atoms with Crippen molar-refractivity contribution in [2.75, 3.05) is 0 Å². The van der Waals surface area contributed by atoms with Crippen LogP contribution in [0, 0.1) is 5.41 Å². The Labute approximate surface area is 66.1 Å². The molecule has 0 amide bonds. The number of pyridine rings is 1. The molecule has 0 radical (unpaired) electrons. The van der Waals surface area contributed by atoms with Gasteiger partial charge in [-0.3, -0.25) is 4.98 Å². The maximum atomic E-state index is 7.08. The highest BCUT2D eigenvalue weighted by molar-refractivity contribution is 5.85. The molecule has 0 aromatic carbocycles. The minimum Gasteiger partial charge on any atom is -0.308 e. The van der Waals surface area contributed by atoms with E-state index in [0.29, 0.717) is 0 Å². The smallest absolute Gasteiger partial charge is 0.0349 e. The normalized spacial score (nSPS) is 9.18. The molecule has 1 aromatic rings. The lowest BCUT2D eigenvalue weighted by atomic mass is 10.1. The van der Waals surface area contributed by atoms with Gasteiger partial charge < -0.3 is 5.41 Å². The monoisotopic (exact) mass is 146 g/mol. The zero-order chi connectivity index (χ0) is 8.27. The van der Waals surface area contributed by atoms with E-state index >= 15 is 0 Å². The summed E-state index contributed by atoms with van der Waals surface area (Å²) in [4.78, 5) is 3.95. The van der Waals surface area contributed by atoms with E-state index in [4.69, 9.17) is 5.41 Å². The number of nitrogens with zero attached hydrogens (tertiary/aromatic N) is 1. The molecule has 2 heteroatoms. The van der Waals surface area contributed by atoms with Crippen LogP contribution in [-0.2, 0) is 0 Å². The van der Waals surface area contributed by atoms with Gasteiger partial charge in [-0.25, -0.2) is 0 Å². The van der Waals surface area contributed by atoms with Crippen molar-refractivity contribution in [3.8, 4) is 0 Å². The van der Waals surface area contributed by atoms with E-state index in [0.717, 1.165) is 16.7 Å². The Hall–Kier alpha value is -1.44. The van der Waals surface area contributed by atoms with E-state index in [1.807, 2.05) is 6.92 Å². The summed E-state index contributed by atoms with van der Waals surface area (Å²) in [6.45, 7) is 5.70. The van der Waals surface area contributed by atoms with Crippen LogP contribution in [0.25, 0.3) is 5.57 Å². The Morgan fingerprint density at radius 1 is 1.73 bits per heavy atom. The Morgan fingerprint density at radius 2 is 2.45 bits per heavy atom. The first-order valence-corrected chi connectivity index (χ1v) is 3.36. The molecule has 0 atom stereocenters. The summed E-state index contributed by atoms with van der Waals surface area (Å²) in [6, 6.07) is 1.80. The average molecular weight is 146 g/mol. The number of allylic oxidation sites excluding steroid dienone is 1. The standard InChI is InChI=1S/C9H10N2/c1-7(2)9-6-11-4-3-8(9)5-10/h3-6,10H,1H2,2H3. The molecule has 0 aliphatic carbocycles. The van der Waals surface area contributed by atoms with Crippen molar-refractivity contribution in [1.82, 2.24) is 4.98 Å². The van der Waals surface area contributed by atoms with Crippen molar-refractivity contribution in [2.24, 2.45) is 0 Å². The molecule has 11 heavy (non-hydrogen) atoms. The molecule has 1 N–H and O–H groups in total. The summed E-state index contributed by atoms with van der Waals surface area (Å²) >= 11 is 0. The van der Waals surface area contributed by atoms with Crippen molar-refractivity contribution in [3.05, 3.63) is 36.2 Å². The van der Waals surface area contributed by atoms with Crippen LogP contribution in [0.3, 0.4) is 0 Å². The van der Waals surface area contributed by atoms with Gasteiger partial charge in [0.15, 0.2) is 0 Å². The predicted octanol–water partition coefficient (Wildman–Crippen LogP) is 2.11. The van der Waals surface area contributed by atoms with Crippen LogP contribution in [0.5, 0.6) is 0 Å². The van der Waals surface area contributed by atoms with Crippen LogP contribution in [-0.4, -0.2) is 11.2 Å². The van der Waals surface area contributed by atoms with E-state index in [1.165, 1.54) is 6.21 Å². The molecular weight excluding hydrogens is 136 g/mol. The maximum Gasteiger partial charge on any atom is 0.0349 e. The number of rotatable bonds is 2. The minimum absolute atomic E-state index is 0.868. The Kier molecular flexibility index (Phi) is 2.16. The fraction of sp³-hybridized carbons (Fsp3) is 0.111. The van der Waals surface area contributed by atoms with Gasteiger partial charge in [-0.1, -0.05) is 6.58 Å². The largest absolute Gasteiger partial charge is 0.308 e. The third-order valence-electron chi connectivity index (χ3n) is 1.47. The van der Waals surface area contributed by atoms with Gasteiger partial charge >= 0.3 is 0 Å². The van der Waals surface area contributed by atoms with Gasteiger partial charge in [0.1, 0.15) is 0 Å². The van der Waals surface area contributed by atoms with Crippen LogP contribution in [0.1, 0.15) is 18.1 Å². The van der Waals surface area contributed by atoms with Crippen LogP contribution < -0.4 is 0 Å². The number of aromatic nitrogens is 1. The Bertz CT molecular complexity index is 289. The van der Waals surface area contributed by atoms with Crippen molar-refractivity contribution in [2.45, 2.75) is 6.92 Å². The van der Waals surface area contributed by atoms with Crippen molar-refractivity contribution in [1.29, 1.82) is 5.41 Å². The molecule has 0 aliphatic rings. The van der Waals surface area contributed by atoms with Crippen molar-refractivity contribution in [3.63, 3.8) is 0 Å². The van der Waals surface area contributed by atoms with Crippen LogP contribution in [0.15, 0.2) is 25.0 Å². The highest BCUT2D eigenvalue weighted by Crippen LogP contribution is 2.13. The first-order chi connectivity index (χ1) is 5.25. The van der Waals surface area contributed by atoms with Gasteiger partial charge in [0.25, 0.3) is 0 Å². The third kappa shape index (κ3) is 1.52. The lowest BCUT2D eigenvalue weighted by molar-refractivity contribution is 1.29. The Morgan fingerprint density at radius 3 is 2.91 bits per heavy atom. The summed E-state index contributed by atoms with van der Waals surface area (Å²) in [5.74, 6) is 0. The highest BCUT2D eigenvalue weighted by Gasteiger charge is 1.98. The zero-order valence-corrected chi connectivity index (χ0v) is 6.46. The predicted molar refractivity (Wildman–Crippen MR) is 46.8 cm³/mol. The summed E-state index contributed by atoms with van der Waals surface area (Å²) in [6.07, 6.45) is 4.71. The summed E-state index contributed by atoms with van der Waals surface area (Å²) < 4.78 is 0. The van der Waals surface area contributed by atoms with Crippen LogP contribution >= 0.6 is 0 Å². The van der Waals surface area contributed by atoms with Gasteiger partial charge in [0.05, 0.1) is 0 Å². The van der Waals surface area contributed by atoms with E-state index in [9.17, 15) is 0 Å². The molecule has 0 unspecified atom stereocenters. The molecular formula is C9H10N2. The van der Waals surface area contributed by atoms with Crippen LogP contribution in [0.2, 0.25) is 0 Å². The van der Waals surface area contributed by atoms with Gasteiger partial charge in [0.2, 0.25) is 0 Å². The van der Waals surface area contributed by atoms with Gasteiger partial charge in [-0.05, 0) is 18.6 Å². The number of hydrogen-bond acceptors (Lipinski definition) is 2. The maximum absolute atomic E-state index is 7.08. The van der Waals surface area contributed by atoms with E-state index in [2.05, 4.69) is 11.6 Å². The number of nitrogens with one attached hydrogen (secondary N) is 1. The Balaban J connectivity index is 3.22. The molecule has 0 saturated carbocycles. The highest BCUT2D eigenvalue weighted by atomic mass is 14.6. The SMILES string of the molecule is C=C(C)c1cnccc1C=N. The van der Waals surface area contributed by atoms with E-state index in [1.54, 1.807) is 18.5 Å². The van der Waals surface area contributed by atoms with Crippen LogP contribution in [0.4, 0.5) is 0 Å². The third-order valence-corrected chi connectivity index (χ3v) is 1.47. The van der Waals surface area contributed by atoms with Gasteiger partial charge in [-0.2, -0.15) is 0 Å². The quantitative estimate of drug-likeness (QED) is 0.637. The van der Waals surface area contributed by atoms with E-state index < -0.39 is 0 Å². The first-order valence-electron chi connectivity index (χ1n) is 3.36. The fourth-order valence-corrected chi connectivity index (χ4v) is 0.888. The summed E-state index contributed by atoms with van der Waals surface area (Å²) in [5.41, 5.74) is 2.76. The van der Waals surface area contributed by atoms with Crippen molar-refractivity contribution >= 4 is 11.8 Å². The molecule has 0 saturated heterocycles. The summed E-state index contributed by atoms with van der Waals surface area (Å²) in [7, 11) is 0. The molecule has 1 aromatic heterocycles. The molecule has 56 valence electrons. The van der Waals surface area contributed by atoms with Crippen molar-refractivity contribution < 1.29 is 0 Å². The molecule has 1 heterocycles. The molecule has 1 rings (SSSR count). The lowest BCUT2D eigenvalue weighted by Gasteiger charge is -2.01. The van der Waals surface area contributed by atoms with Gasteiger partial charge in [-0.15, -0.1) is 0 Å². The number of hydrogen-bond donors (Lipinski definition) is 1. The first kappa shape index (κ1) is 7.66. The second-order valence-corrected chi connectivity index (χ2v) is 2.39. The lowest BCUT2D eigenvalue weighted by Crippen LogP contribution is -1.89. The molecule has 0 fully saturated rings. The van der Waals surface area contributed by atoms with Gasteiger partial charge in [0, 0.05) is 29.7 Å². The summed E-state index contributed by atoms with van der Waals surface area (Å²) in [5, 5.41) is 7.08. The average Bonchev–Trinajstić information content (AvgIpc) is 2.04. The zero-order valence-electron chi connectivity index (χ0n) is 6.46. The molecule has 0 aliphatic heterocycles.